The Morgan fingerprint density at radius 1 is 1.27 bits per heavy atom. The highest BCUT2D eigenvalue weighted by Gasteiger charge is 2.16. The van der Waals surface area contributed by atoms with E-state index in [1.165, 1.54) is 50.6 Å². The summed E-state index contributed by atoms with van der Waals surface area (Å²) in [5.41, 5.74) is 0. The molecule has 2 rings (SSSR count). The highest BCUT2D eigenvalue weighted by Crippen LogP contribution is 2.22. The first-order valence-corrected chi connectivity index (χ1v) is 9.22. The van der Waals surface area contributed by atoms with Gasteiger partial charge in [0.25, 0.3) is 0 Å². The molecule has 0 bridgehead atoms. The van der Waals surface area contributed by atoms with Crippen LogP contribution in [0.2, 0.25) is 0 Å². The summed E-state index contributed by atoms with van der Waals surface area (Å²) in [5.74, 6) is 0.462. The summed E-state index contributed by atoms with van der Waals surface area (Å²) in [7, 11) is -3.58. The number of nitrogens with one attached hydrogen (secondary N) is 2. The number of carbonyl (C=O) groups excluding carboxylic acids is 1. The third kappa shape index (κ3) is 5.38. The van der Waals surface area contributed by atoms with Gasteiger partial charge in [0.05, 0.1) is 0 Å². The van der Waals surface area contributed by atoms with E-state index < -0.39 is 10.0 Å². The van der Waals surface area contributed by atoms with E-state index in [1.54, 1.807) is 6.07 Å². The third-order valence-corrected chi connectivity index (χ3v) is 5.35. The van der Waals surface area contributed by atoms with E-state index in [-0.39, 0.29) is 23.8 Å². The molecule has 2 N–H and O–H groups in total. The van der Waals surface area contributed by atoms with Crippen LogP contribution in [0.25, 0.3) is 0 Å². The van der Waals surface area contributed by atoms with Gasteiger partial charge in [-0.2, -0.15) is 0 Å². The molecule has 22 heavy (non-hydrogen) atoms. The quantitative estimate of drug-likeness (QED) is 0.794. The molecule has 1 heterocycles. The zero-order valence-electron chi connectivity index (χ0n) is 12.6. The van der Waals surface area contributed by atoms with Crippen LogP contribution < -0.4 is 10.0 Å². The maximum Gasteiger partial charge on any atom is 0.242 e. The summed E-state index contributed by atoms with van der Waals surface area (Å²) >= 11 is 0. The van der Waals surface area contributed by atoms with Crippen molar-refractivity contribution in [1.29, 1.82) is 0 Å². The van der Waals surface area contributed by atoms with Gasteiger partial charge in [0, 0.05) is 31.9 Å². The van der Waals surface area contributed by atoms with Gasteiger partial charge in [-0.05, 0) is 30.9 Å². The summed E-state index contributed by atoms with van der Waals surface area (Å²) in [4.78, 5) is 15.6. The molecule has 1 saturated carbocycles. The molecule has 0 aliphatic heterocycles. The molecule has 6 nitrogen and oxygen atoms in total. The van der Waals surface area contributed by atoms with E-state index >= 15 is 0 Å². The van der Waals surface area contributed by atoms with E-state index in [9.17, 15) is 13.2 Å². The maximum absolute atomic E-state index is 11.9. The fourth-order valence-corrected chi connectivity index (χ4v) is 3.62. The van der Waals surface area contributed by atoms with Crippen molar-refractivity contribution in [3.63, 3.8) is 0 Å². The standard InChI is InChI=1S/C15H23N3O3S/c19-15(17-11-13-5-2-1-3-6-13)8-10-18-22(20,21)14-7-4-9-16-12-14/h4,7,9,12-13,18H,1-3,5-6,8,10-11H2,(H,17,19). The van der Waals surface area contributed by atoms with Crippen LogP contribution in [0.5, 0.6) is 0 Å². The second-order valence-corrected chi connectivity index (χ2v) is 7.41. The first-order chi connectivity index (χ1) is 10.6. The van der Waals surface area contributed by atoms with Gasteiger partial charge < -0.3 is 5.32 Å². The number of nitrogens with zero attached hydrogens (tertiary/aromatic N) is 1. The second-order valence-electron chi connectivity index (χ2n) is 5.64. The highest BCUT2D eigenvalue weighted by molar-refractivity contribution is 7.89. The molecule has 122 valence electrons. The zero-order valence-corrected chi connectivity index (χ0v) is 13.4. The molecule has 0 saturated heterocycles. The molecule has 7 heteroatoms. The number of rotatable bonds is 7. The van der Waals surface area contributed by atoms with Crippen molar-refractivity contribution in [3.05, 3.63) is 24.5 Å². The van der Waals surface area contributed by atoms with Gasteiger partial charge in [-0.3, -0.25) is 9.78 Å². The van der Waals surface area contributed by atoms with Crippen LogP contribution in [-0.2, 0) is 14.8 Å². The molecule has 1 aromatic rings. The minimum atomic E-state index is -3.58. The van der Waals surface area contributed by atoms with Gasteiger partial charge in [0.15, 0.2) is 0 Å². The first-order valence-electron chi connectivity index (χ1n) is 7.74. The van der Waals surface area contributed by atoms with Crippen LogP contribution in [0.1, 0.15) is 38.5 Å². The predicted molar refractivity (Wildman–Crippen MR) is 83.6 cm³/mol. The fourth-order valence-electron chi connectivity index (χ4n) is 2.63. The Kier molecular flexibility index (Phi) is 6.33. The fraction of sp³-hybridized carbons (Fsp3) is 0.600. The van der Waals surface area contributed by atoms with Crippen molar-refractivity contribution < 1.29 is 13.2 Å². The van der Waals surface area contributed by atoms with Crippen LogP contribution in [-0.4, -0.2) is 32.4 Å². The lowest BCUT2D eigenvalue weighted by Gasteiger charge is -2.21. The van der Waals surface area contributed by atoms with E-state index in [2.05, 4.69) is 15.0 Å². The average molecular weight is 325 g/mol. The summed E-state index contributed by atoms with van der Waals surface area (Å²) in [6.07, 6.45) is 9.06. The van der Waals surface area contributed by atoms with Crippen LogP contribution >= 0.6 is 0 Å². The van der Waals surface area contributed by atoms with Gasteiger partial charge >= 0.3 is 0 Å². The monoisotopic (exact) mass is 325 g/mol. The lowest BCUT2D eigenvalue weighted by atomic mass is 9.89. The van der Waals surface area contributed by atoms with Crippen molar-refractivity contribution in [2.45, 2.75) is 43.4 Å². The van der Waals surface area contributed by atoms with E-state index in [1.807, 2.05) is 0 Å². The van der Waals surface area contributed by atoms with Crippen molar-refractivity contribution in [1.82, 2.24) is 15.0 Å². The Morgan fingerprint density at radius 3 is 2.73 bits per heavy atom. The largest absolute Gasteiger partial charge is 0.356 e. The van der Waals surface area contributed by atoms with Crippen molar-refractivity contribution in [2.24, 2.45) is 5.92 Å². The number of amides is 1. The molecular weight excluding hydrogens is 302 g/mol. The first kappa shape index (κ1) is 16.9. The number of hydrogen-bond acceptors (Lipinski definition) is 4. The van der Waals surface area contributed by atoms with Crippen molar-refractivity contribution >= 4 is 15.9 Å². The molecular formula is C15H23N3O3S. The van der Waals surface area contributed by atoms with Crippen LogP contribution in [0.15, 0.2) is 29.4 Å². The Labute approximate surface area is 131 Å². The molecule has 0 unspecified atom stereocenters. The minimum Gasteiger partial charge on any atom is -0.356 e. The number of pyridine rings is 1. The molecule has 0 atom stereocenters. The summed E-state index contributed by atoms with van der Waals surface area (Å²) in [6.45, 7) is 0.794. The summed E-state index contributed by atoms with van der Waals surface area (Å²) in [6, 6.07) is 3.03. The Bertz CT molecular complexity index is 569. The number of sulfonamides is 1. The molecule has 1 amide bonds. The molecule has 1 fully saturated rings. The Balaban J connectivity index is 1.68. The van der Waals surface area contributed by atoms with E-state index in [0.717, 1.165) is 0 Å². The SMILES string of the molecule is O=C(CCNS(=O)(=O)c1cccnc1)NCC1CCCCC1. The molecule has 1 aliphatic carbocycles. The van der Waals surface area contributed by atoms with Gasteiger partial charge in [-0.1, -0.05) is 19.3 Å². The lowest BCUT2D eigenvalue weighted by Crippen LogP contribution is -2.33. The van der Waals surface area contributed by atoms with Crippen molar-refractivity contribution in [3.8, 4) is 0 Å². The Morgan fingerprint density at radius 2 is 2.05 bits per heavy atom. The molecule has 0 aromatic carbocycles. The highest BCUT2D eigenvalue weighted by atomic mass is 32.2. The van der Waals surface area contributed by atoms with Crippen LogP contribution in [0.4, 0.5) is 0 Å². The zero-order chi connectivity index (χ0) is 15.8. The summed E-state index contributed by atoms with van der Waals surface area (Å²) in [5, 5.41) is 2.89. The summed E-state index contributed by atoms with van der Waals surface area (Å²) < 4.78 is 26.3. The van der Waals surface area contributed by atoms with Gasteiger partial charge in [0.2, 0.25) is 15.9 Å². The topological polar surface area (TPSA) is 88.2 Å². The second kappa shape index (κ2) is 8.24. The van der Waals surface area contributed by atoms with Gasteiger partial charge in [-0.25, -0.2) is 13.1 Å². The van der Waals surface area contributed by atoms with Crippen LogP contribution in [0.3, 0.4) is 0 Å². The van der Waals surface area contributed by atoms with E-state index in [4.69, 9.17) is 0 Å². The van der Waals surface area contributed by atoms with Crippen LogP contribution in [0, 0.1) is 5.92 Å². The minimum absolute atomic E-state index is 0.0910. The number of carbonyl (C=O) groups is 1. The third-order valence-electron chi connectivity index (χ3n) is 3.90. The lowest BCUT2D eigenvalue weighted by molar-refractivity contribution is -0.121. The van der Waals surface area contributed by atoms with Gasteiger partial charge in [-0.15, -0.1) is 0 Å². The Hall–Kier alpha value is -1.47. The smallest absolute Gasteiger partial charge is 0.242 e. The predicted octanol–water partition coefficient (Wildman–Crippen LogP) is 1.45. The molecule has 1 aliphatic rings. The average Bonchev–Trinajstić information content (AvgIpc) is 2.54. The van der Waals surface area contributed by atoms with E-state index in [0.29, 0.717) is 12.5 Å². The molecule has 0 radical (unpaired) electrons. The number of hydrogen-bond donors (Lipinski definition) is 2. The molecule has 0 spiro atoms. The molecule has 1 aromatic heterocycles. The van der Waals surface area contributed by atoms with Gasteiger partial charge in [0.1, 0.15) is 4.90 Å². The maximum atomic E-state index is 11.9. The van der Waals surface area contributed by atoms with Crippen molar-refractivity contribution in [2.75, 3.05) is 13.1 Å². The normalized spacial score (nSPS) is 16.4. The number of aromatic nitrogens is 1.